The number of rotatable bonds is 5. The molecule has 3 rings (SSSR count). The number of carbonyl (C=O) groups excluding carboxylic acids is 2. The van der Waals surface area contributed by atoms with Gasteiger partial charge in [0.25, 0.3) is 11.8 Å². The summed E-state index contributed by atoms with van der Waals surface area (Å²) in [5.41, 5.74) is 8.16. The van der Waals surface area contributed by atoms with E-state index in [2.05, 4.69) is 26.1 Å². The molecule has 2 aromatic rings. The molecule has 1 aliphatic rings. The van der Waals surface area contributed by atoms with Crippen molar-refractivity contribution in [3.63, 3.8) is 0 Å². The number of fused-ring (bicyclic) bond motifs is 1. The standard InChI is InChI=1S/C22H27ClN2O3S/c1-12-9-14(6-8-16(12)23)28-11-18(26)25-21-19(20(24)27)15-7-5-13(22(2,3)4)10-17(15)29-21/h6,8-9,13H,5,7,10-11H2,1-4H3,(H2,24,27)(H,25,26). The van der Waals surface area contributed by atoms with Crippen LogP contribution < -0.4 is 15.8 Å². The van der Waals surface area contributed by atoms with E-state index in [0.29, 0.717) is 27.3 Å². The largest absolute Gasteiger partial charge is 0.484 e. The Morgan fingerprint density at radius 2 is 2.07 bits per heavy atom. The molecule has 1 aromatic carbocycles. The molecule has 0 aliphatic heterocycles. The van der Waals surface area contributed by atoms with Gasteiger partial charge in [0.05, 0.1) is 5.56 Å². The van der Waals surface area contributed by atoms with Crippen molar-refractivity contribution in [2.45, 2.75) is 47.0 Å². The number of nitrogens with two attached hydrogens (primary N) is 1. The van der Waals surface area contributed by atoms with Crippen LogP contribution in [0.4, 0.5) is 5.00 Å². The summed E-state index contributed by atoms with van der Waals surface area (Å²) in [5.74, 6) is 0.275. The SMILES string of the molecule is Cc1cc(OCC(=O)Nc2sc3c(c2C(N)=O)CCC(C(C)(C)C)C3)ccc1Cl. The van der Waals surface area contributed by atoms with Gasteiger partial charge in [-0.3, -0.25) is 9.59 Å². The van der Waals surface area contributed by atoms with Gasteiger partial charge in [-0.15, -0.1) is 11.3 Å². The summed E-state index contributed by atoms with van der Waals surface area (Å²) in [4.78, 5) is 25.7. The maximum atomic E-state index is 12.4. The van der Waals surface area contributed by atoms with Crippen molar-refractivity contribution in [1.82, 2.24) is 0 Å². The van der Waals surface area contributed by atoms with Gasteiger partial charge in [-0.25, -0.2) is 0 Å². The molecule has 1 heterocycles. The van der Waals surface area contributed by atoms with Crippen LogP contribution in [0.2, 0.25) is 5.02 Å². The zero-order valence-electron chi connectivity index (χ0n) is 17.2. The summed E-state index contributed by atoms with van der Waals surface area (Å²) in [6.07, 6.45) is 2.72. The van der Waals surface area contributed by atoms with E-state index < -0.39 is 5.91 Å². The highest BCUT2D eigenvalue weighted by molar-refractivity contribution is 7.17. The zero-order valence-corrected chi connectivity index (χ0v) is 18.8. The van der Waals surface area contributed by atoms with Crippen LogP contribution >= 0.6 is 22.9 Å². The van der Waals surface area contributed by atoms with Gasteiger partial charge in [0, 0.05) is 9.90 Å². The number of nitrogens with one attached hydrogen (secondary N) is 1. The predicted octanol–water partition coefficient (Wildman–Crippen LogP) is 4.98. The molecular formula is C22H27ClN2O3S. The van der Waals surface area contributed by atoms with Crippen LogP contribution in [-0.2, 0) is 17.6 Å². The lowest BCUT2D eigenvalue weighted by Crippen LogP contribution is -2.27. The van der Waals surface area contributed by atoms with E-state index in [4.69, 9.17) is 22.1 Å². The minimum absolute atomic E-state index is 0.160. The van der Waals surface area contributed by atoms with Crippen LogP contribution in [0.25, 0.3) is 0 Å². The monoisotopic (exact) mass is 434 g/mol. The van der Waals surface area contributed by atoms with E-state index in [-0.39, 0.29) is 17.9 Å². The predicted molar refractivity (Wildman–Crippen MR) is 118 cm³/mol. The van der Waals surface area contributed by atoms with Gasteiger partial charge in [0.2, 0.25) is 0 Å². The smallest absolute Gasteiger partial charge is 0.262 e. The highest BCUT2D eigenvalue weighted by Crippen LogP contribution is 2.44. The van der Waals surface area contributed by atoms with Gasteiger partial charge in [-0.05, 0) is 66.8 Å². The number of amides is 2. The van der Waals surface area contributed by atoms with Crippen molar-refractivity contribution >= 4 is 39.8 Å². The maximum Gasteiger partial charge on any atom is 0.262 e. The Kier molecular flexibility index (Phi) is 6.24. The van der Waals surface area contributed by atoms with Crippen LogP contribution in [0.3, 0.4) is 0 Å². The second kappa shape index (κ2) is 8.36. The number of hydrogen-bond acceptors (Lipinski definition) is 4. The first-order valence-corrected chi connectivity index (χ1v) is 10.9. The van der Waals surface area contributed by atoms with Crippen molar-refractivity contribution in [1.29, 1.82) is 0 Å². The Labute approximate surface area is 180 Å². The lowest BCUT2D eigenvalue weighted by molar-refractivity contribution is -0.118. The van der Waals surface area contributed by atoms with Gasteiger partial charge in [-0.1, -0.05) is 32.4 Å². The Hall–Kier alpha value is -2.05. The highest BCUT2D eigenvalue weighted by Gasteiger charge is 2.33. The quantitative estimate of drug-likeness (QED) is 0.696. The van der Waals surface area contributed by atoms with Gasteiger partial charge in [-0.2, -0.15) is 0 Å². The third kappa shape index (κ3) is 4.93. The van der Waals surface area contributed by atoms with Gasteiger partial charge < -0.3 is 15.8 Å². The molecule has 1 atom stereocenters. The number of benzene rings is 1. The number of ether oxygens (including phenoxy) is 1. The first-order valence-electron chi connectivity index (χ1n) is 9.69. The fraction of sp³-hybridized carbons (Fsp3) is 0.455. The molecule has 29 heavy (non-hydrogen) atoms. The van der Waals surface area contributed by atoms with Crippen molar-refractivity contribution in [2.75, 3.05) is 11.9 Å². The Balaban J connectivity index is 1.73. The summed E-state index contributed by atoms with van der Waals surface area (Å²) in [6.45, 7) is 8.43. The Bertz CT molecular complexity index is 946. The second-order valence-electron chi connectivity index (χ2n) is 8.63. The van der Waals surface area contributed by atoms with E-state index in [9.17, 15) is 9.59 Å². The third-order valence-electron chi connectivity index (χ3n) is 5.49. The maximum absolute atomic E-state index is 12.4. The van der Waals surface area contributed by atoms with Crippen molar-refractivity contribution < 1.29 is 14.3 Å². The topological polar surface area (TPSA) is 81.4 Å². The lowest BCUT2D eigenvalue weighted by atomic mass is 9.72. The first kappa shape index (κ1) is 21.7. The summed E-state index contributed by atoms with van der Waals surface area (Å²) in [5, 5.41) is 4.00. The molecule has 0 bridgehead atoms. The number of hydrogen-bond donors (Lipinski definition) is 2. The average Bonchev–Trinajstić information content (AvgIpc) is 2.99. The second-order valence-corrected chi connectivity index (χ2v) is 10.1. The van der Waals surface area contributed by atoms with E-state index in [1.165, 1.54) is 11.3 Å². The molecule has 0 spiro atoms. The van der Waals surface area contributed by atoms with Crippen LogP contribution in [0, 0.1) is 18.3 Å². The van der Waals surface area contributed by atoms with E-state index in [0.717, 1.165) is 35.3 Å². The van der Waals surface area contributed by atoms with E-state index >= 15 is 0 Å². The number of thiophene rings is 1. The molecule has 0 fully saturated rings. The molecule has 156 valence electrons. The van der Waals surface area contributed by atoms with E-state index in [1.54, 1.807) is 18.2 Å². The van der Waals surface area contributed by atoms with Gasteiger partial charge in [0.1, 0.15) is 10.8 Å². The van der Waals surface area contributed by atoms with Crippen molar-refractivity contribution in [3.8, 4) is 5.75 Å². The van der Waals surface area contributed by atoms with Gasteiger partial charge in [0.15, 0.2) is 6.61 Å². The summed E-state index contributed by atoms with van der Waals surface area (Å²) >= 11 is 7.47. The molecule has 3 N–H and O–H groups in total. The minimum Gasteiger partial charge on any atom is -0.484 e. The molecule has 1 aliphatic carbocycles. The van der Waals surface area contributed by atoms with Crippen LogP contribution in [-0.4, -0.2) is 18.4 Å². The lowest BCUT2D eigenvalue weighted by Gasteiger charge is -2.33. The van der Waals surface area contributed by atoms with Crippen LogP contribution in [0.15, 0.2) is 18.2 Å². The first-order chi connectivity index (χ1) is 13.6. The minimum atomic E-state index is -0.499. The van der Waals surface area contributed by atoms with Crippen LogP contribution in [0.1, 0.15) is 53.6 Å². The molecule has 0 saturated carbocycles. The molecule has 1 unspecified atom stereocenters. The van der Waals surface area contributed by atoms with Crippen molar-refractivity contribution in [3.05, 3.63) is 44.8 Å². The Morgan fingerprint density at radius 1 is 1.34 bits per heavy atom. The highest BCUT2D eigenvalue weighted by atomic mass is 35.5. The molecule has 0 saturated heterocycles. The molecule has 7 heteroatoms. The molecule has 5 nitrogen and oxygen atoms in total. The fourth-order valence-electron chi connectivity index (χ4n) is 3.69. The molecule has 0 radical (unpaired) electrons. The summed E-state index contributed by atoms with van der Waals surface area (Å²) in [7, 11) is 0. The number of primary amides is 1. The number of aryl methyl sites for hydroxylation is 1. The molecule has 1 aromatic heterocycles. The number of carbonyl (C=O) groups is 2. The number of halogens is 1. The van der Waals surface area contributed by atoms with Crippen LogP contribution in [0.5, 0.6) is 5.75 Å². The molecular weight excluding hydrogens is 408 g/mol. The van der Waals surface area contributed by atoms with Crippen molar-refractivity contribution in [2.24, 2.45) is 17.1 Å². The normalized spacial score (nSPS) is 16.2. The summed E-state index contributed by atoms with van der Waals surface area (Å²) < 4.78 is 5.56. The zero-order chi connectivity index (χ0) is 21.3. The fourth-order valence-corrected chi connectivity index (χ4v) is 5.16. The molecule has 2 amide bonds. The third-order valence-corrected chi connectivity index (χ3v) is 7.08. The van der Waals surface area contributed by atoms with E-state index in [1.807, 2.05) is 6.92 Å². The Morgan fingerprint density at radius 3 is 2.69 bits per heavy atom. The van der Waals surface area contributed by atoms with Gasteiger partial charge >= 0.3 is 0 Å². The average molecular weight is 435 g/mol. The number of anilines is 1. The summed E-state index contributed by atoms with van der Waals surface area (Å²) in [6, 6.07) is 5.23.